The van der Waals surface area contributed by atoms with Gasteiger partial charge in [0.25, 0.3) is 5.91 Å². The number of piperazine rings is 1. The van der Waals surface area contributed by atoms with Crippen LogP contribution in [0.1, 0.15) is 33.2 Å². The summed E-state index contributed by atoms with van der Waals surface area (Å²) in [7, 11) is 2.16. The molecule has 1 aliphatic rings. The second-order valence-corrected chi connectivity index (χ2v) is 8.33. The Kier molecular flexibility index (Phi) is 6.79. The monoisotopic (exact) mass is 417 g/mol. The summed E-state index contributed by atoms with van der Waals surface area (Å²) < 4.78 is 1.89. The van der Waals surface area contributed by atoms with Crippen molar-refractivity contribution in [3.63, 3.8) is 0 Å². The normalized spacial score (nSPS) is 16.2. The summed E-state index contributed by atoms with van der Waals surface area (Å²) in [5.41, 5.74) is 3.81. The fraction of sp³-hybridized carbons (Fsp3) is 0.360. The molecule has 1 saturated heterocycles. The number of hydrogen-bond acceptors (Lipinski definition) is 4. The van der Waals surface area contributed by atoms with Gasteiger partial charge in [0.15, 0.2) is 0 Å². The molecule has 3 aromatic rings. The van der Waals surface area contributed by atoms with Gasteiger partial charge in [-0.25, -0.2) is 0 Å². The zero-order chi connectivity index (χ0) is 21.6. The molecule has 1 amide bonds. The first-order chi connectivity index (χ1) is 15.1. The molecule has 0 radical (unpaired) electrons. The van der Waals surface area contributed by atoms with Crippen molar-refractivity contribution in [2.24, 2.45) is 0 Å². The molecule has 0 aliphatic carbocycles. The third kappa shape index (κ3) is 5.40. The fourth-order valence-electron chi connectivity index (χ4n) is 4.03. The quantitative estimate of drug-likeness (QED) is 0.642. The summed E-state index contributed by atoms with van der Waals surface area (Å²) in [6.45, 7) is 7.57. The molecule has 2 heterocycles. The van der Waals surface area contributed by atoms with Crippen LogP contribution in [-0.4, -0.2) is 65.3 Å². The lowest BCUT2D eigenvalue weighted by Crippen LogP contribution is -2.47. The Morgan fingerprint density at radius 2 is 1.65 bits per heavy atom. The molecule has 162 valence electrons. The molecular weight excluding hydrogens is 386 g/mol. The van der Waals surface area contributed by atoms with Gasteiger partial charge in [-0.2, -0.15) is 5.10 Å². The smallest absolute Gasteiger partial charge is 0.255 e. The average Bonchev–Trinajstić information content (AvgIpc) is 3.16. The summed E-state index contributed by atoms with van der Waals surface area (Å²) in [4.78, 5) is 18.0. The third-order valence-corrected chi connectivity index (χ3v) is 6.07. The predicted molar refractivity (Wildman–Crippen MR) is 123 cm³/mol. The third-order valence-electron chi connectivity index (χ3n) is 6.07. The molecule has 6 heteroatoms. The predicted octanol–water partition coefficient (Wildman–Crippen LogP) is 2.96. The molecule has 4 rings (SSSR count). The van der Waals surface area contributed by atoms with Crippen LogP contribution in [0.15, 0.2) is 66.9 Å². The fourth-order valence-corrected chi connectivity index (χ4v) is 4.03. The van der Waals surface area contributed by atoms with Crippen molar-refractivity contribution in [2.45, 2.75) is 19.5 Å². The summed E-state index contributed by atoms with van der Waals surface area (Å²) >= 11 is 0. The second-order valence-electron chi connectivity index (χ2n) is 8.33. The van der Waals surface area contributed by atoms with Crippen molar-refractivity contribution in [1.29, 1.82) is 0 Å². The Balaban J connectivity index is 1.48. The average molecular weight is 418 g/mol. The van der Waals surface area contributed by atoms with E-state index in [4.69, 9.17) is 0 Å². The number of carbonyl (C=O) groups excluding carboxylic acids is 1. The van der Waals surface area contributed by atoms with Gasteiger partial charge in [-0.15, -0.1) is 0 Å². The Morgan fingerprint density at radius 3 is 2.32 bits per heavy atom. The molecule has 1 aromatic heterocycles. The molecular formula is C25H31N5O. The molecule has 1 unspecified atom stereocenters. The van der Waals surface area contributed by atoms with E-state index in [0.29, 0.717) is 12.1 Å². The highest BCUT2D eigenvalue weighted by Crippen LogP contribution is 2.18. The number of aromatic nitrogens is 2. The van der Waals surface area contributed by atoms with E-state index in [2.05, 4.69) is 51.5 Å². The van der Waals surface area contributed by atoms with Gasteiger partial charge >= 0.3 is 0 Å². The van der Waals surface area contributed by atoms with Gasteiger partial charge in [-0.3, -0.25) is 14.4 Å². The molecule has 0 bridgehead atoms. The Morgan fingerprint density at radius 1 is 1.00 bits per heavy atom. The molecule has 0 spiro atoms. The number of nitrogens with zero attached hydrogens (tertiary/aromatic N) is 4. The maximum Gasteiger partial charge on any atom is 0.255 e. The lowest BCUT2D eigenvalue weighted by Gasteiger charge is -2.35. The summed E-state index contributed by atoms with van der Waals surface area (Å²) in [5.74, 6) is -0.0696. The minimum Gasteiger partial charge on any atom is -0.344 e. The van der Waals surface area contributed by atoms with Crippen LogP contribution in [0.4, 0.5) is 0 Å². The van der Waals surface area contributed by atoms with E-state index in [1.54, 1.807) is 6.20 Å². The minimum absolute atomic E-state index is 0.0611. The second kappa shape index (κ2) is 9.90. The molecule has 31 heavy (non-hydrogen) atoms. The number of rotatable bonds is 7. The van der Waals surface area contributed by atoms with Crippen molar-refractivity contribution in [3.05, 3.63) is 89.2 Å². The first-order valence-electron chi connectivity index (χ1n) is 10.9. The highest BCUT2D eigenvalue weighted by molar-refractivity contribution is 5.95. The highest BCUT2D eigenvalue weighted by atomic mass is 16.1. The van der Waals surface area contributed by atoms with Gasteiger partial charge < -0.3 is 10.2 Å². The van der Waals surface area contributed by atoms with E-state index in [9.17, 15) is 4.79 Å². The van der Waals surface area contributed by atoms with Crippen molar-refractivity contribution >= 4 is 5.91 Å². The topological polar surface area (TPSA) is 53.4 Å². The van der Waals surface area contributed by atoms with Crippen molar-refractivity contribution in [3.8, 4) is 0 Å². The zero-order valence-corrected chi connectivity index (χ0v) is 18.4. The van der Waals surface area contributed by atoms with Crippen LogP contribution in [0.2, 0.25) is 0 Å². The van der Waals surface area contributed by atoms with Crippen LogP contribution in [0, 0.1) is 6.92 Å². The van der Waals surface area contributed by atoms with E-state index >= 15 is 0 Å². The number of nitrogens with one attached hydrogen (secondary N) is 1. The first kappa shape index (κ1) is 21.3. The van der Waals surface area contributed by atoms with Crippen LogP contribution < -0.4 is 5.32 Å². The summed E-state index contributed by atoms with van der Waals surface area (Å²) in [6, 6.07) is 20.4. The molecule has 2 aromatic carbocycles. The number of likely N-dealkylation sites (N-methyl/N-ethyl adjacent to an activating group) is 1. The Labute approximate surface area is 184 Å². The summed E-state index contributed by atoms with van der Waals surface area (Å²) in [5, 5.41) is 7.75. The maximum absolute atomic E-state index is 13.2. The van der Waals surface area contributed by atoms with Crippen LogP contribution in [-0.2, 0) is 6.54 Å². The zero-order valence-electron chi connectivity index (χ0n) is 18.4. The minimum atomic E-state index is -0.0696. The Bertz CT molecular complexity index is 978. The Hall–Kier alpha value is -2.96. The summed E-state index contributed by atoms with van der Waals surface area (Å²) in [6.07, 6.45) is 1.69. The number of carbonyl (C=O) groups is 1. The number of amides is 1. The lowest BCUT2D eigenvalue weighted by atomic mass is 10.1. The molecule has 6 nitrogen and oxygen atoms in total. The van der Waals surface area contributed by atoms with Gasteiger partial charge in [0.1, 0.15) is 0 Å². The largest absolute Gasteiger partial charge is 0.344 e. The van der Waals surface area contributed by atoms with Crippen molar-refractivity contribution in [1.82, 2.24) is 24.9 Å². The SMILES string of the molecule is Cc1c(C(=O)NC(CN2CCN(C)CC2)c2ccccc2)cnn1Cc1ccccc1. The van der Waals surface area contributed by atoms with Crippen molar-refractivity contribution < 1.29 is 4.79 Å². The molecule has 1 atom stereocenters. The number of hydrogen-bond donors (Lipinski definition) is 1. The number of benzene rings is 2. The van der Waals surface area contributed by atoms with Gasteiger partial charge in [-0.1, -0.05) is 60.7 Å². The van der Waals surface area contributed by atoms with Gasteiger partial charge in [-0.05, 0) is 25.1 Å². The van der Waals surface area contributed by atoms with E-state index in [-0.39, 0.29) is 11.9 Å². The van der Waals surface area contributed by atoms with Crippen LogP contribution in [0.5, 0.6) is 0 Å². The van der Waals surface area contributed by atoms with Gasteiger partial charge in [0.05, 0.1) is 24.3 Å². The maximum atomic E-state index is 13.2. The molecule has 0 saturated carbocycles. The van der Waals surface area contributed by atoms with Crippen molar-refractivity contribution in [2.75, 3.05) is 39.8 Å². The lowest BCUT2D eigenvalue weighted by molar-refractivity contribution is 0.0906. The van der Waals surface area contributed by atoms with E-state index in [1.165, 1.54) is 0 Å². The highest BCUT2D eigenvalue weighted by Gasteiger charge is 2.23. The van der Waals surface area contributed by atoms with E-state index in [1.807, 2.05) is 48.0 Å². The van der Waals surface area contributed by atoms with Crippen LogP contribution >= 0.6 is 0 Å². The molecule has 1 aliphatic heterocycles. The van der Waals surface area contributed by atoms with Crippen LogP contribution in [0.3, 0.4) is 0 Å². The van der Waals surface area contributed by atoms with Crippen LogP contribution in [0.25, 0.3) is 0 Å². The standard InChI is InChI=1S/C25H31N5O/c1-20-23(17-26-30(20)18-21-9-5-3-6-10-21)25(31)27-24(22-11-7-4-8-12-22)19-29-15-13-28(2)14-16-29/h3-12,17,24H,13-16,18-19H2,1-2H3,(H,27,31). The van der Waals surface area contributed by atoms with Gasteiger partial charge in [0.2, 0.25) is 0 Å². The van der Waals surface area contributed by atoms with Gasteiger partial charge in [0, 0.05) is 38.4 Å². The molecule has 1 N–H and O–H groups in total. The van der Waals surface area contributed by atoms with E-state index in [0.717, 1.165) is 49.5 Å². The first-order valence-corrected chi connectivity index (χ1v) is 10.9. The van der Waals surface area contributed by atoms with E-state index < -0.39 is 0 Å². The molecule has 1 fully saturated rings.